The molecule has 11 unspecified atom stereocenters. The van der Waals surface area contributed by atoms with E-state index in [0.717, 1.165) is 0 Å². The molecule has 3 heterocycles. The number of hydrogen-bond donors (Lipinski definition) is 12. The maximum atomic E-state index is 11.2. The first-order valence-corrected chi connectivity index (χ1v) is 13.7. The average molecular weight is 583 g/mol. The number of nitrogens with one attached hydrogen (secondary N) is 2. The Bertz CT molecular complexity index is 804. The van der Waals surface area contributed by atoms with Gasteiger partial charge in [-0.1, -0.05) is 0 Å². The molecule has 0 aromatic carbocycles. The highest BCUT2D eigenvalue weighted by Gasteiger charge is 2.54. The van der Waals surface area contributed by atoms with Crippen LogP contribution in [-0.2, 0) is 23.7 Å². The van der Waals surface area contributed by atoms with Crippen molar-refractivity contribution in [2.24, 2.45) is 22.9 Å². The van der Waals surface area contributed by atoms with Crippen molar-refractivity contribution in [2.45, 2.75) is 117 Å². The van der Waals surface area contributed by atoms with Gasteiger partial charge in [0.25, 0.3) is 0 Å². The van der Waals surface area contributed by atoms with Crippen molar-refractivity contribution in [2.75, 3.05) is 26.7 Å². The van der Waals surface area contributed by atoms with E-state index in [1.165, 1.54) is 0 Å². The normalized spacial score (nSPS) is 51.8. The Morgan fingerprint density at radius 3 is 2.12 bits per heavy atom. The van der Waals surface area contributed by atoms with Crippen molar-refractivity contribution in [1.29, 1.82) is 0 Å². The van der Waals surface area contributed by atoms with Crippen LogP contribution in [0.1, 0.15) is 12.8 Å². The third-order valence-corrected chi connectivity index (χ3v) is 8.21. The van der Waals surface area contributed by atoms with Crippen LogP contribution < -0.4 is 33.6 Å². The predicted octanol–water partition coefficient (Wildman–Crippen LogP) is -7.36. The van der Waals surface area contributed by atoms with Crippen molar-refractivity contribution in [3.8, 4) is 0 Å². The summed E-state index contributed by atoms with van der Waals surface area (Å²) in [7, 11) is 1.56. The van der Waals surface area contributed by atoms with E-state index in [-0.39, 0.29) is 19.4 Å². The molecule has 4 aliphatic rings. The molecular weight excluding hydrogens is 536 g/mol. The quantitative estimate of drug-likeness (QED) is 0.120. The summed E-state index contributed by atoms with van der Waals surface area (Å²) in [5, 5.41) is 68.9. The van der Waals surface area contributed by atoms with Crippen LogP contribution in [0.3, 0.4) is 0 Å². The van der Waals surface area contributed by atoms with E-state index < -0.39 is 111 Å². The van der Waals surface area contributed by atoms with E-state index in [4.69, 9.17) is 46.6 Å². The zero-order chi connectivity index (χ0) is 29.3. The summed E-state index contributed by atoms with van der Waals surface area (Å²) in [5.41, 5.74) is 23.8. The summed E-state index contributed by atoms with van der Waals surface area (Å²) >= 11 is 0. The molecule has 4 fully saturated rings. The van der Waals surface area contributed by atoms with E-state index in [0.29, 0.717) is 6.54 Å². The molecule has 17 atom stereocenters. The second-order valence-electron chi connectivity index (χ2n) is 11.0. The van der Waals surface area contributed by atoms with Crippen LogP contribution in [0.15, 0.2) is 0 Å². The van der Waals surface area contributed by atoms with Crippen LogP contribution in [0.4, 0.5) is 0 Å². The molecule has 40 heavy (non-hydrogen) atoms. The number of aliphatic hydroxyl groups is 6. The Kier molecular flexibility index (Phi) is 11.1. The van der Waals surface area contributed by atoms with Crippen molar-refractivity contribution in [3.63, 3.8) is 0 Å². The largest absolute Gasteiger partial charge is 0.394 e. The summed E-state index contributed by atoms with van der Waals surface area (Å²) in [6, 6.07) is -3.82. The second kappa shape index (κ2) is 13.7. The second-order valence-corrected chi connectivity index (χ2v) is 11.0. The van der Waals surface area contributed by atoms with E-state index in [9.17, 15) is 30.6 Å². The summed E-state index contributed by atoms with van der Waals surface area (Å²) < 4.78 is 29.6. The molecule has 0 amide bonds. The molecular formula is C23H46N6O11. The average Bonchev–Trinajstić information content (AvgIpc) is 2.92. The topological polar surface area (TPSA) is 296 Å². The van der Waals surface area contributed by atoms with E-state index in [2.05, 4.69) is 10.6 Å². The highest BCUT2D eigenvalue weighted by molar-refractivity contribution is 5.02. The van der Waals surface area contributed by atoms with Gasteiger partial charge in [0, 0.05) is 25.2 Å². The molecule has 0 aromatic rings. The number of likely N-dealkylation sites (N-methyl/N-ethyl adjacent to an activating group) is 1. The summed E-state index contributed by atoms with van der Waals surface area (Å²) in [5.74, 6) is 0. The Balaban J connectivity index is 1.42. The van der Waals surface area contributed by atoms with Crippen LogP contribution >= 0.6 is 0 Å². The fraction of sp³-hybridized carbons (Fsp3) is 1.00. The molecule has 0 radical (unpaired) electrons. The van der Waals surface area contributed by atoms with Gasteiger partial charge in [0.2, 0.25) is 0 Å². The van der Waals surface area contributed by atoms with Gasteiger partial charge < -0.3 is 87.9 Å². The van der Waals surface area contributed by atoms with E-state index in [1.807, 2.05) is 0 Å². The number of fused-ring (bicyclic) bond motifs is 1. The Labute approximate surface area is 232 Å². The van der Waals surface area contributed by atoms with Crippen LogP contribution in [0.5, 0.6) is 0 Å². The molecule has 234 valence electrons. The zero-order valence-corrected chi connectivity index (χ0v) is 22.4. The molecule has 17 nitrogen and oxygen atoms in total. The van der Waals surface area contributed by atoms with Gasteiger partial charge in [-0.3, -0.25) is 0 Å². The third-order valence-electron chi connectivity index (χ3n) is 8.21. The summed E-state index contributed by atoms with van der Waals surface area (Å²) in [4.78, 5) is 0. The standard InChI is InChI=1S/C23H46N6O11/c1-28-13-16(33)20-10(5-9(27)21(39-20)38-19-8(26)4-7(25)14(31)17(19)34)36-22(13)40-23-18(35)15(32)12(29-3-2-24)11(6-30)37-23/h7-23,28-35H,2-6,24-27H2,1H3/t7-,8?,9?,10+,11?,12-,13?,14?,15?,16?,17?,18?,19-,20?,21+,22?,23-/m1/s1. The van der Waals surface area contributed by atoms with Gasteiger partial charge in [0.15, 0.2) is 18.9 Å². The van der Waals surface area contributed by atoms with Crippen LogP contribution in [0.25, 0.3) is 0 Å². The number of hydrogen-bond acceptors (Lipinski definition) is 17. The molecule has 0 bridgehead atoms. The monoisotopic (exact) mass is 582 g/mol. The van der Waals surface area contributed by atoms with Gasteiger partial charge in [-0.15, -0.1) is 0 Å². The Morgan fingerprint density at radius 2 is 1.48 bits per heavy atom. The first kappa shape index (κ1) is 32.2. The Morgan fingerprint density at radius 1 is 0.750 bits per heavy atom. The molecule has 1 saturated carbocycles. The van der Waals surface area contributed by atoms with E-state index >= 15 is 0 Å². The van der Waals surface area contributed by atoms with Crippen molar-refractivity contribution in [1.82, 2.24) is 10.6 Å². The molecule has 17 heteroatoms. The zero-order valence-electron chi connectivity index (χ0n) is 22.4. The fourth-order valence-electron chi connectivity index (χ4n) is 5.93. The van der Waals surface area contributed by atoms with Gasteiger partial charge in [-0.05, 0) is 19.9 Å². The lowest BCUT2D eigenvalue weighted by molar-refractivity contribution is -0.373. The predicted molar refractivity (Wildman–Crippen MR) is 136 cm³/mol. The minimum absolute atomic E-state index is 0.157. The first-order chi connectivity index (χ1) is 19.0. The number of rotatable bonds is 9. The van der Waals surface area contributed by atoms with Crippen molar-refractivity contribution in [3.05, 3.63) is 0 Å². The minimum Gasteiger partial charge on any atom is -0.394 e. The van der Waals surface area contributed by atoms with Gasteiger partial charge in [-0.2, -0.15) is 0 Å². The number of aliphatic hydroxyl groups excluding tert-OH is 6. The molecule has 3 aliphatic heterocycles. The van der Waals surface area contributed by atoms with Crippen LogP contribution in [-0.4, -0.2) is 161 Å². The molecule has 1 aliphatic carbocycles. The fourth-order valence-corrected chi connectivity index (χ4v) is 5.93. The third kappa shape index (κ3) is 6.46. The summed E-state index contributed by atoms with van der Waals surface area (Å²) in [6.07, 6.45) is -13.5. The SMILES string of the molecule is CNC1C(O[C@H]2OC(CO)[C@@H](NCCN)C(O)C2O)O[C@H]2CC(N)[C@@H](O[C@@H]3C(N)C[C@@H](N)C(O)C3O)OC2C1O. The highest BCUT2D eigenvalue weighted by atomic mass is 16.8. The number of ether oxygens (including phenoxy) is 5. The van der Waals surface area contributed by atoms with Gasteiger partial charge in [0.05, 0.1) is 36.9 Å². The number of nitrogens with two attached hydrogens (primary N) is 4. The molecule has 4 rings (SSSR count). The van der Waals surface area contributed by atoms with Crippen molar-refractivity contribution >= 4 is 0 Å². The Hall–Kier alpha value is -0.680. The van der Waals surface area contributed by atoms with Crippen molar-refractivity contribution < 1.29 is 54.3 Å². The lowest BCUT2D eigenvalue weighted by Gasteiger charge is -2.51. The molecule has 0 aromatic heterocycles. The highest BCUT2D eigenvalue weighted by Crippen LogP contribution is 2.35. The minimum atomic E-state index is -1.51. The van der Waals surface area contributed by atoms with Crippen LogP contribution in [0.2, 0.25) is 0 Å². The maximum Gasteiger partial charge on any atom is 0.189 e. The molecule has 3 saturated heterocycles. The smallest absolute Gasteiger partial charge is 0.189 e. The summed E-state index contributed by atoms with van der Waals surface area (Å²) in [6.45, 7) is 0.137. The lowest BCUT2D eigenvalue weighted by atomic mass is 9.84. The lowest BCUT2D eigenvalue weighted by Crippen LogP contribution is -2.70. The maximum absolute atomic E-state index is 11.2. The molecule has 0 spiro atoms. The van der Waals surface area contributed by atoms with Gasteiger partial charge in [-0.25, -0.2) is 0 Å². The van der Waals surface area contributed by atoms with E-state index in [1.54, 1.807) is 7.05 Å². The molecule has 16 N–H and O–H groups in total. The first-order valence-electron chi connectivity index (χ1n) is 13.7. The van der Waals surface area contributed by atoms with Gasteiger partial charge >= 0.3 is 0 Å². The van der Waals surface area contributed by atoms with Gasteiger partial charge in [0.1, 0.15) is 42.7 Å². The van der Waals surface area contributed by atoms with Crippen LogP contribution in [0, 0.1) is 0 Å².